The standard InChI is InChI=1S/C25H30N4O4/c1-27-9-11-29(12-10-27)21-4-2-3-20-22(30)17-23(33-24(20)21)25(31)26-18-5-7-19(8-6-18)28-13-15-32-16-14-28/h2-8,23H,9-17H2,1H3,(H,26,31)/p+1. The van der Waals surface area contributed by atoms with E-state index in [1.165, 1.54) is 0 Å². The number of ketones is 1. The van der Waals surface area contributed by atoms with E-state index >= 15 is 0 Å². The van der Waals surface area contributed by atoms with Gasteiger partial charge in [0.15, 0.2) is 11.5 Å². The third kappa shape index (κ3) is 4.73. The molecule has 2 aromatic rings. The van der Waals surface area contributed by atoms with Crippen LogP contribution in [0.15, 0.2) is 42.5 Å². The number of nitrogens with zero attached hydrogens (tertiary/aromatic N) is 3. The van der Waals surface area contributed by atoms with E-state index in [0.717, 1.165) is 69.5 Å². The molecule has 2 fully saturated rings. The lowest BCUT2D eigenvalue weighted by Gasteiger charge is -2.36. The van der Waals surface area contributed by atoms with Crippen molar-refractivity contribution in [3.05, 3.63) is 48.0 Å². The number of nitrogens with two attached hydrogens (primary N) is 1. The number of quaternary nitrogens is 1. The molecule has 1 unspecified atom stereocenters. The quantitative estimate of drug-likeness (QED) is 0.696. The zero-order valence-electron chi connectivity index (χ0n) is 19.0. The van der Waals surface area contributed by atoms with Gasteiger partial charge in [0, 0.05) is 57.1 Å². The Hall–Kier alpha value is -2.94. The molecule has 3 aliphatic rings. The number of hydrogen-bond acceptors (Lipinski definition) is 7. The number of Topliss-reactive ketones (excluding diaryl/α,β-unsaturated/α-hetero) is 1. The van der Waals surface area contributed by atoms with E-state index < -0.39 is 6.10 Å². The van der Waals surface area contributed by atoms with E-state index in [0.29, 0.717) is 11.3 Å². The number of ether oxygens (including phenoxy) is 2. The summed E-state index contributed by atoms with van der Waals surface area (Å²) in [5, 5.41) is 1.59. The van der Waals surface area contributed by atoms with Gasteiger partial charge >= 0.3 is 5.91 Å². The normalized spacial score (nSPS) is 21.5. The Balaban J connectivity index is 1.28. The fraction of sp³-hybridized carbons (Fsp3) is 0.440. The highest BCUT2D eigenvalue weighted by molar-refractivity contribution is 6.04. The number of anilines is 2. The fourth-order valence-corrected chi connectivity index (χ4v) is 4.65. The SMILES string of the molecule is CN1CCN(c2cccc3c2OC(C(=O)[NH2+]c2ccc(N4CCOCC4)cc2)CC3=O)CC1. The summed E-state index contributed by atoms with van der Waals surface area (Å²) >= 11 is 0. The summed E-state index contributed by atoms with van der Waals surface area (Å²) in [6.45, 7) is 6.84. The van der Waals surface area contributed by atoms with Gasteiger partial charge in [0.1, 0.15) is 5.69 Å². The van der Waals surface area contributed by atoms with E-state index in [2.05, 4.69) is 21.7 Å². The van der Waals surface area contributed by atoms with Crippen molar-refractivity contribution in [2.75, 3.05) is 69.3 Å². The van der Waals surface area contributed by atoms with Gasteiger partial charge in [0.05, 0.1) is 30.9 Å². The summed E-state index contributed by atoms with van der Waals surface area (Å²) < 4.78 is 11.6. The van der Waals surface area contributed by atoms with Gasteiger partial charge in [-0.05, 0) is 31.3 Å². The average Bonchev–Trinajstić information content (AvgIpc) is 2.85. The molecule has 2 aromatic carbocycles. The topological polar surface area (TPSA) is 78.9 Å². The maximum Gasteiger partial charge on any atom is 0.356 e. The predicted octanol–water partition coefficient (Wildman–Crippen LogP) is 1.03. The van der Waals surface area contributed by atoms with Gasteiger partial charge in [0.2, 0.25) is 6.10 Å². The van der Waals surface area contributed by atoms with Gasteiger partial charge in [-0.3, -0.25) is 4.79 Å². The van der Waals surface area contributed by atoms with E-state index in [9.17, 15) is 9.59 Å². The van der Waals surface area contributed by atoms with Crippen LogP contribution in [0.5, 0.6) is 5.75 Å². The van der Waals surface area contributed by atoms with Crippen LogP contribution in [0, 0.1) is 0 Å². The lowest BCUT2D eigenvalue weighted by Crippen LogP contribution is -2.85. The van der Waals surface area contributed by atoms with Crippen LogP contribution >= 0.6 is 0 Å². The van der Waals surface area contributed by atoms with Crippen molar-refractivity contribution >= 4 is 28.8 Å². The molecule has 3 aliphatic heterocycles. The Morgan fingerprint density at radius 3 is 2.39 bits per heavy atom. The molecule has 0 aliphatic carbocycles. The first-order chi connectivity index (χ1) is 16.1. The maximum absolute atomic E-state index is 13.1. The zero-order chi connectivity index (χ0) is 22.8. The van der Waals surface area contributed by atoms with Gasteiger partial charge in [-0.2, -0.15) is 0 Å². The average molecular weight is 452 g/mol. The highest BCUT2D eigenvalue weighted by atomic mass is 16.5. The number of fused-ring (bicyclic) bond motifs is 1. The van der Waals surface area contributed by atoms with Crippen molar-refractivity contribution < 1.29 is 24.4 Å². The molecule has 0 bridgehead atoms. The Bertz CT molecular complexity index is 1010. The smallest absolute Gasteiger partial charge is 0.356 e. The van der Waals surface area contributed by atoms with Crippen molar-refractivity contribution in [1.29, 1.82) is 0 Å². The molecule has 2 saturated heterocycles. The number of rotatable bonds is 4. The number of amides is 1. The van der Waals surface area contributed by atoms with Crippen molar-refractivity contribution in [2.24, 2.45) is 0 Å². The molecule has 1 atom stereocenters. The minimum atomic E-state index is -0.794. The van der Waals surface area contributed by atoms with Crippen molar-refractivity contribution in [1.82, 2.24) is 4.90 Å². The van der Waals surface area contributed by atoms with E-state index in [4.69, 9.17) is 9.47 Å². The molecule has 0 radical (unpaired) electrons. The summed E-state index contributed by atoms with van der Waals surface area (Å²) in [5.41, 5.74) is 3.41. The molecule has 0 spiro atoms. The molecule has 0 aromatic heterocycles. The predicted molar refractivity (Wildman–Crippen MR) is 126 cm³/mol. The van der Waals surface area contributed by atoms with Crippen LogP contribution in [0.2, 0.25) is 0 Å². The largest absolute Gasteiger partial charge is 0.473 e. The Kier molecular flexibility index (Phi) is 6.30. The van der Waals surface area contributed by atoms with Crippen LogP contribution in [-0.2, 0) is 9.53 Å². The van der Waals surface area contributed by atoms with Crippen LogP contribution in [0.3, 0.4) is 0 Å². The summed E-state index contributed by atoms with van der Waals surface area (Å²) in [6, 6.07) is 13.6. The molecule has 174 valence electrons. The number of benzene rings is 2. The number of hydrogen-bond donors (Lipinski definition) is 1. The number of carbonyl (C=O) groups excluding carboxylic acids is 2. The third-order valence-corrected chi connectivity index (χ3v) is 6.67. The molecule has 8 heteroatoms. The second-order valence-electron chi connectivity index (χ2n) is 8.92. The second-order valence-corrected chi connectivity index (χ2v) is 8.92. The van der Waals surface area contributed by atoms with Gasteiger partial charge < -0.3 is 24.2 Å². The summed E-state index contributed by atoms with van der Waals surface area (Å²) in [4.78, 5) is 32.7. The Labute approximate surface area is 194 Å². The minimum absolute atomic E-state index is 0.0401. The first-order valence-corrected chi connectivity index (χ1v) is 11.7. The third-order valence-electron chi connectivity index (χ3n) is 6.67. The van der Waals surface area contributed by atoms with Crippen molar-refractivity contribution in [3.63, 3.8) is 0 Å². The monoisotopic (exact) mass is 451 g/mol. The number of morpholine rings is 1. The van der Waals surface area contributed by atoms with Gasteiger partial charge in [-0.1, -0.05) is 6.07 Å². The van der Waals surface area contributed by atoms with Gasteiger partial charge in [0.25, 0.3) is 0 Å². The Morgan fingerprint density at radius 2 is 1.67 bits per heavy atom. The molecular weight excluding hydrogens is 420 g/mol. The first kappa shape index (κ1) is 21.9. The molecular formula is C25H31N4O4+. The van der Waals surface area contributed by atoms with E-state index in [-0.39, 0.29) is 18.1 Å². The minimum Gasteiger partial charge on any atom is -0.473 e. The highest BCUT2D eigenvalue weighted by Gasteiger charge is 2.36. The summed E-state index contributed by atoms with van der Waals surface area (Å²) in [5.74, 6) is 0.329. The number of para-hydroxylation sites is 1. The number of likely N-dealkylation sites (N-methyl/N-ethyl adjacent to an activating group) is 1. The van der Waals surface area contributed by atoms with Crippen molar-refractivity contribution in [2.45, 2.75) is 12.5 Å². The molecule has 1 amide bonds. The molecule has 3 heterocycles. The first-order valence-electron chi connectivity index (χ1n) is 11.7. The number of carbonyl (C=O) groups is 2. The van der Waals surface area contributed by atoms with Gasteiger partial charge in [-0.25, -0.2) is 10.1 Å². The maximum atomic E-state index is 13.1. The lowest BCUT2D eigenvalue weighted by molar-refractivity contribution is -0.488. The molecule has 33 heavy (non-hydrogen) atoms. The van der Waals surface area contributed by atoms with Crippen LogP contribution in [0.25, 0.3) is 0 Å². The van der Waals surface area contributed by atoms with Crippen LogP contribution in [0.1, 0.15) is 16.8 Å². The van der Waals surface area contributed by atoms with Gasteiger partial charge in [-0.15, -0.1) is 0 Å². The van der Waals surface area contributed by atoms with E-state index in [1.54, 1.807) is 11.4 Å². The lowest BCUT2D eigenvalue weighted by atomic mass is 9.98. The Morgan fingerprint density at radius 1 is 0.939 bits per heavy atom. The molecule has 5 rings (SSSR count). The van der Waals surface area contributed by atoms with Crippen LogP contribution in [-0.4, -0.2) is 82.2 Å². The zero-order valence-corrected chi connectivity index (χ0v) is 19.0. The summed E-state index contributed by atoms with van der Waals surface area (Å²) in [6.07, 6.45) is -0.724. The number of primary amides is 1. The van der Waals surface area contributed by atoms with E-state index in [1.807, 2.05) is 36.4 Å². The molecule has 0 saturated carbocycles. The summed E-state index contributed by atoms with van der Waals surface area (Å²) in [7, 11) is 2.11. The van der Waals surface area contributed by atoms with Crippen LogP contribution in [0.4, 0.5) is 17.1 Å². The second kappa shape index (κ2) is 9.51. The highest BCUT2D eigenvalue weighted by Crippen LogP contribution is 2.37. The van der Waals surface area contributed by atoms with Crippen LogP contribution < -0.4 is 19.9 Å². The molecule has 2 N–H and O–H groups in total. The number of piperazine rings is 1. The fourth-order valence-electron chi connectivity index (χ4n) is 4.65. The van der Waals surface area contributed by atoms with Crippen molar-refractivity contribution in [3.8, 4) is 5.75 Å². The molecule has 8 nitrogen and oxygen atoms in total.